The molecule has 2 saturated carbocycles. The number of nitrogens with one attached hydrogen (secondary N) is 1. The van der Waals surface area contributed by atoms with Crippen molar-refractivity contribution in [1.29, 1.82) is 0 Å². The van der Waals surface area contributed by atoms with Gasteiger partial charge in [0.05, 0.1) is 18.2 Å². The molecule has 0 bridgehead atoms. The molecule has 2 atom stereocenters. The lowest BCUT2D eigenvalue weighted by Crippen LogP contribution is -2.38. The highest BCUT2D eigenvalue weighted by molar-refractivity contribution is 5.92. The summed E-state index contributed by atoms with van der Waals surface area (Å²) in [5.74, 6) is -3.18. The summed E-state index contributed by atoms with van der Waals surface area (Å²) in [6.45, 7) is 3.81. The molecular weight excluding hydrogens is 571 g/mol. The highest BCUT2D eigenvalue weighted by Crippen LogP contribution is 2.45. The highest BCUT2D eigenvalue weighted by atomic mass is 19.4. The summed E-state index contributed by atoms with van der Waals surface area (Å²) in [5.41, 5.74) is 1.59. The van der Waals surface area contributed by atoms with Gasteiger partial charge in [-0.2, -0.15) is 18.3 Å². The summed E-state index contributed by atoms with van der Waals surface area (Å²) >= 11 is 0. The fourth-order valence-corrected chi connectivity index (χ4v) is 6.06. The van der Waals surface area contributed by atoms with Crippen molar-refractivity contribution in [2.24, 2.45) is 11.8 Å². The molecule has 13 heteroatoms. The fraction of sp³-hybridized carbons (Fsp3) is 0.633. The van der Waals surface area contributed by atoms with Crippen LogP contribution in [-0.2, 0) is 4.79 Å². The van der Waals surface area contributed by atoms with Crippen LogP contribution in [0, 0.1) is 11.8 Å². The van der Waals surface area contributed by atoms with Gasteiger partial charge in [-0.3, -0.25) is 18.7 Å². The second-order valence-electron chi connectivity index (χ2n) is 12.3. The molecule has 0 radical (unpaired) electrons. The summed E-state index contributed by atoms with van der Waals surface area (Å²) < 4.78 is 69.0. The Hall–Kier alpha value is -3.38. The van der Waals surface area contributed by atoms with Gasteiger partial charge in [0.15, 0.2) is 0 Å². The van der Waals surface area contributed by atoms with Crippen molar-refractivity contribution in [3.05, 3.63) is 47.8 Å². The lowest BCUT2D eigenvalue weighted by atomic mass is 9.81. The summed E-state index contributed by atoms with van der Waals surface area (Å²) in [5, 5.41) is 7.28. The zero-order chi connectivity index (χ0) is 30.9. The predicted molar refractivity (Wildman–Crippen MR) is 148 cm³/mol. The Morgan fingerprint density at radius 3 is 2.37 bits per heavy atom. The smallest absolute Gasteiger partial charge is 0.342 e. The molecular formula is C30H37F5N6O2. The van der Waals surface area contributed by atoms with Gasteiger partial charge in [0.25, 0.3) is 5.91 Å². The second-order valence-corrected chi connectivity index (χ2v) is 12.3. The molecule has 0 aliphatic heterocycles. The molecule has 0 spiro atoms. The zero-order valence-electron chi connectivity index (χ0n) is 24.3. The van der Waals surface area contributed by atoms with Gasteiger partial charge in [-0.1, -0.05) is 0 Å². The molecule has 1 N–H and O–H groups in total. The summed E-state index contributed by atoms with van der Waals surface area (Å²) in [6, 6.07) is 2.76. The first-order valence-electron chi connectivity index (χ1n) is 15.0. The number of hydrogen-bond donors (Lipinski definition) is 1. The lowest BCUT2D eigenvalue weighted by molar-refractivity contribution is -0.143. The number of halogens is 5. The third kappa shape index (κ3) is 7.77. The molecule has 2 fully saturated rings. The number of carbonyl (C=O) groups excluding carboxylic acids is 2. The topological polar surface area (TPSA) is 94.2 Å². The minimum Gasteiger partial charge on any atom is -0.342 e. The van der Waals surface area contributed by atoms with Gasteiger partial charge in [0.1, 0.15) is 11.5 Å². The third-order valence-electron chi connectivity index (χ3n) is 8.59. The van der Waals surface area contributed by atoms with Gasteiger partial charge in [0.2, 0.25) is 11.7 Å². The van der Waals surface area contributed by atoms with E-state index in [-0.39, 0.29) is 55.9 Å². The van der Waals surface area contributed by atoms with Crippen LogP contribution in [0.1, 0.15) is 118 Å². The minimum atomic E-state index is -4.36. The molecule has 8 nitrogen and oxygen atoms in total. The second kappa shape index (κ2) is 12.3. The van der Waals surface area contributed by atoms with Crippen LogP contribution < -0.4 is 5.32 Å². The Morgan fingerprint density at radius 1 is 1.02 bits per heavy atom. The van der Waals surface area contributed by atoms with Gasteiger partial charge in [0, 0.05) is 61.9 Å². The molecule has 0 unspecified atom stereocenters. The van der Waals surface area contributed by atoms with Crippen LogP contribution in [0.15, 0.2) is 30.7 Å². The summed E-state index contributed by atoms with van der Waals surface area (Å²) in [6.07, 6.45) is 1.38. The van der Waals surface area contributed by atoms with E-state index in [4.69, 9.17) is 9.97 Å². The zero-order valence-corrected chi connectivity index (χ0v) is 24.3. The van der Waals surface area contributed by atoms with Crippen LogP contribution in [0.4, 0.5) is 22.0 Å². The average Bonchev–Trinajstić information content (AvgIpc) is 3.48. The SMILES string of the molecule is CC(C)n1nccc1C(=O)N[C@H](c1cn2ccc([C@H](CCC(=O)CCC(F)(F)F)C3CC3)nc2n1)C1CCC(F)(F)CC1. The Kier molecular flexibility index (Phi) is 8.89. The van der Waals surface area contributed by atoms with Crippen LogP contribution in [0.5, 0.6) is 0 Å². The molecule has 0 aromatic carbocycles. The Labute approximate surface area is 246 Å². The highest BCUT2D eigenvalue weighted by Gasteiger charge is 2.40. The number of fused-ring (bicyclic) bond motifs is 1. The van der Waals surface area contributed by atoms with Crippen molar-refractivity contribution >= 4 is 17.5 Å². The molecule has 3 aromatic heterocycles. The molecule has 3 aromatic rings. The normalized spacial score (nSPS) is 19.1. The van der Waals surface area contributed by atoms with Crippen LogP contribution in [0.3, 0.4) is 0 Å². The van der Waals surface area contributed by atoms with Crippen molar-refractivity contribution in [2.45, 2.75) is 108 Å². The summed E-state index contributed by atoms with van der Waals surface area (Å²) in [7, 11) is 0. The maximum Gasteiger partial charge on any atom is 0.389 e. The monoisotopic (exact) mass is 608 g/mol. The van der Waals surface area contributed by atoms with E-state index in [1.165, 1.54) is 0 Å². The Balaban J connectivity index is 1.37. The first kappa shape index (κ1) is 31.1. The minimum absolute atomic E-state index is 0.0528. The first-order valence-corrected chi connectivity index (χ1v) is 15.0. The molecule has 5 rings (SSSR count). The van der Waals surface area contributed by atoms with Crippen molar-refractivity contribution in [1.82, 2.24) is 29.5 Å². The summed E-state index contributed by atoms with van der Waals surface area (Å²) in [4.78, 5) is 35.0. The van der Waals surface area contributed by atoms with Crippen LogP contribution in [0.25, 0.3) is 5.78 Å². The molecule has 2 aliphatic rings. The number of carbonyl (C=O) groups is 2. The van der Waals surface area contributed by atoms with E-state index < -0.39 is 36.8 Å². The number of ketones is 1. The van der Waals surface area contributed by atoms with Gasteiger partial charge in [-0.05, 0) is 69.9 Å². The van der Waals surface area contributed by atoms with E-state index in [1.54, 1.807) is 33.7 Å². The van der Waals surface area contributed by atoms with E-state index in [0.29, 0.717) is 29.5 Å². The number of hydrogen-bond acceptors (Lipinski definition) is 5. The molecule has 3 heterocycles. The van der Waals surface area contributed by atoms with Crippen molar-refractivity contribution in [3.8, 4) is 0 Å². The quantitative estimate of drug-likeness (QED) is 0.224. The Morgan fingerprint density at radius 2 is 1.72 bits per heavy atom. The van der Waals surface area contributed by atoms with E-state index in [2.05, 4.69) is 10.4 Å². The van der Waals surface area contributed by atoms with Crippen LogP contribution >= 0.6 is 0 Å². The third-order valence-corrected chi connectivity index (χ3v) is 8.59. The van der Waals surface area contributed by atoms with Gasteiger partial charge in [-0.15, -0.1) is 0 Å². The van der Waals surface area contributed by atoms with Gasteiger partial charge in [-0.25, -0.2) is 18.7 Å². The average molecular weight is 609 g/mol. The number of alkyl halides is 5. The largest absolute Gasteiger partial charge is 0.389 e. The predicted octanol–water partition coefficient (Wildman–Crippen LogP) is 6.99. The molecule has 2 aliphatic carbocycles. The lowest BCUT2D eigenvalue weighted by Gasteiger charge is -2.33. The van der Waals surface area contributed by atoms with Gasteiger partial charge < -0.3 is 5.32 Å². The Bertz CT molecular complexity index is 1430. The maximum absolute atomic E-state index is 14.0. The number of aromatic nitrogens is 5. The standard InChI is InChI=1S/C30H37F5N6O2/c1-18(2)41-25(10-15-36-41)27(43)39-26(20-7-12-29(31,32)13-8-20)24-17-40-16-11-23(37-28(40)38-24)22(19-3-4-19)6-5-21(42)9-14-30(33,34)35/h10-11,15-20,22,26H,3-9,12-14H2,1-2H3,(H,39,43)/t22-,26+/m1/s1. The van der Waals surface area contributed by atoms with E-state index in [9.17, 15) is 31.5 Å². The fourth-order valence-electron chi connectivity index (χ4n) is 6.06. The molecule has 0 saturated heterocycles. The number of amides is 1. The van der Waals surface area contributed by atoms with Crippen molar-refractivity contribution in [3.63, 3.8) is 0 Å². The van der Waals surface area contributed by atoms with Gasteiger partial charge >= 0.3 is 6.18 Å². The van der Waals surface area contributed by atoms with Crippen LogP contribution in [-0.4, -0.2) is 47.9 Å². The maximum atomic E-state index is 14.0. The number of nitrogens with zero attached hydrogens (tertiary/aromatic N) is 5. The van der Waals surface area contributed by atoms with E-state index in [0.717, 1.165) is 18.5 Å². The molecule has 234 valence electrons. The van der Waals surface area contributed by atoms with E-state index >= 15 is 0 Å². The number of rotatable bonds is 12. The van der Waals surface area contributed by atoms with E-state index in [1.807, 2.05) is 19.9 Å². The molecule has 1 amide bonds. The number of Topliss-reactive ketones (excluding diaryl/α,β-unsaturated/α-hetero) is 1. The first-order chi connectivity index (χ1) is 20.3. The van der Waals surface area contributed by atoms with Crippen molar-refractivity contribution in [2.75, 3.05) is 0 Å². The molecule has 43 heavy (non-hydrogen) atoms. The number of imidazole rings is 1. The van der Waals surface area contributed by atoms with Crippen molar-refractivity contribution < 1.29 is 31.5 Å². The van der Waals surface area contributed by atoms with Crippen LogP contribution in [0.2, 0.25) is 0 Å².